The predicted octanol–water partition coefficient (Wildman–Crippen LogP) is 8.12. The van der Waals surface area contributed by atoms with Gasteiger partial charge in [-0.1, -0.05) is 65.7 Å². The molecular weight excluding hydrogens is 534 g/mol. The highest BCUT2D eigenvalue weighted by Crippen LogP contribution is 2.40. The van der Waals surface area contributed by atoms with E-state index in [1.54, 1.807) is 12.1 Å². The Kier molecular flexibility index (Phi) is 7.74. The van der Waals surface area contributed by atoms with Crippen LogP contribution < -0.4 is 10.1 Å². The summed E-state index contributed by atoms with van der Waals surface area (Å²) in [6.45, 7) is 3.68. The molecule has 0 saturated heterocycles. The molecule has 1 amide bonds. The third-order valence-corrected chi connectivity index (χ3v) is 7.23. The van der Waals surface area contributed by atoms with Crippen molar-refractivity contribution in [2.24, 2.45) is 4.99 Å². The molecule has 1 aliphatic rings. The zero-order valence-corrected chi connectivity index (χ0v) is 23.1. The van der Waals surface area contributed by atoms with E-state index in [1.807, 2.05) is 86.6 Å². The van der Waals surface area contributed by atoms with Gasteiger partial charge in [-0.2, -0.15) is 0 Å². The summed E-state index contributed by atoms with van der Waals surface area (Å²) in [6, 6.07) is 27.4. The minimum Gasteiger partial charge on any atom is -0.488 e. The lowest BCUT2D eigenvalue weighted by atomic mass is 9.67. The molecule has 0 aliphatic carbocycles. The van der Waals surface area contributed by atoms with Crippen LogP contribution in [0.5, 0.6) is 5.75 Å². The van der Waals surface area contributed by atoms with E-state index in [4.69, 9.17) is 32.9 Å². The summed E-state index contributed by atoms with van der Waals surface area (Å²) in [6.07, 6.45) is 0.858. The van der Waals surface area contributed by atoms with Gasteiger partial charge in [-0.25, -0.2) is 9.38 Å². The number of amidine groups is 1. The SMILES string of the molecule is CC(C)Oc1ccc(/N=C2\NC(=O)c3ccccc3C2(Cc2ccc(Cl)cc2)Cc2ccc(Cl)cc2)cc1F. The molecule has 0 atom stereocenters. The van der Waals surface area contributed by atoms with Gasteiger partial charge in [-0.05, 0) is 85.8 Å². The van der Waals surface area contributed by atoms with E-state index in [1.165, 1.54) is 6.07 Å². The molecule has 1 aliphatic heterocycles. The lowest BCUT2D eigenvalue weighted by molar-refractivity contribution is 0.0966. The summed E-state index contributed by atoms with van der Waals surface area (Å²) in [5.41, 5.74) is 3.03. The molecule has 7 heteroatoms. The molecule has 0 radical (unpaired) electrons. The standard InChI is InChI=1S/C32H27Cl2FN2O2/c1-20(2)39-29-16-15-25(17-28(29)35)36-31-32(18-21-7-11-23(33)12-8-21,19-22-9-13-24(34)14-10-22)27-6-4-3-5-26(27)30(38)37-31/h3-17,20H,18-19H2,1-2H3,(H,36,37,38). The van der Waals surface area contributed by atoms with E-state index < -0.39 is 11.2 Å². The molecule has 0 unspecified atom stereocenters. The number of hydrogen-bond donors (Lipinski definition) is 1. The normalized spacial score (nSPS) is 15.2. The van der Waals surface area contributed by atoms with Crippen LogP contribution in [-0.4, -0.2) is 17.8 Å². The summed E-state index contributed by atoms with van der Waals surface area (Å²) in [4.78, 5) is 18.2. The molecule has 39 heavy (non-hydrogen) atoms. The monoisotopic (exact) mass is 560 g/mol. The highest BCUT2D eigenvalue weighted by Gasteiger charge is 2.45. The first-order valence-electron chi connectivity index (χ1n) is 12.7. The van der Waals surface area contributed by atoms with Gasteiger partial charge in [0.15, 0.2) is 11.6 Å². The fourth-order valence-electron chi connectivity index (χ4n) is 5.02. The summed E-state index contributed by atoms with van der Waals surface area (Å²) >= 11 is 12.4. The van der Waals surface area contributed by atoms with Crippen LogP contribution in [0.4, 0.5) is 10.1 Å². The number of rotatable bonds is 7. The molecule has 0 saturated carbocycles. The molecule has 0 fully saturated rings. The van der Waals surface area contributed by atoms with Crippen LogP contribution in [0.25, 0.3) is 0 Å². The highest BCUT2D eigenvalue weighted by molar-refractivity contribution is 6.30. The van der Waals surface area contributed by atoms with Gasteiger partial charge in [0.1, 0.15) is 5.84 Å². The van der Waals surface area contributed by atoms with Crippen molar-refractivity contribution in [2.75, 3.05) is 0 Å². The summed E-state index contributed by atoms with van der Waals surface area (Å²) < 4.78 is 20.5. The third-order valence-electron chi connectivity index (χ3n) is 6.73. The average molecular weight is 561 g/mol. The quantitative estimate of drug-likeness (QED) is 0.248. The lowest BCUT2D eigenvalue weighted by Crippen LogP contribution is -2.54. The Balaban J connectivity index is 1.70. The average Bonchev–Trinajstić information content (AvgIpc) is 2.91. The Hall–Kier alpha value is -3.67. The molecule has 1 N–H and O–H groups in total. The zero-order chi connectivity index (χ0) is 27.6. The van der Waals surface area contributed by atoms with Gasteiger partial charge in [0.2, 0.25) is 0 Å². The Bertz CT molecular complexity index is 1490. The van der Waals surface area contributed by atoms with Gasteiger partial charge >= 0.3 is 0 Å². The number of benzene rings is 4. The molecule has 0 bridgehead atoms. The second kappa shape index (κ2) is 11.2. The van der Waals surface area contributed by atoms with E-state index in [-0.39, 0.29) is 17.8 Å². The van der Waals surface area contributed by atoms with E-state index in [9.17, 15) is 9.18 Å². The maximum atomic E-state index is 14.9. The number of ether oxygens (including phenoxy) is 1. The van der Waals surface area contributed by atoms with Crippen molar-refractivity contribution in [3.63, 3.8) is 0 Å². The van der Waals surface area contributed by atoms with Crippen molar-refractivity contribution < 1.29 is 13.9 Å². The maximum Gasteiger partial charge on any atom is 0.256 e. The van der Waals surface area contributed by atoms with Gasteiger partial charge in [-0.3, -0.25) is 4.79 Å². The van der Waals surface area contributed by atoms with E-state index >= 15 is 0 Å². The Morgan fingerprint density at radius 1 is 0.872 bits per heavy atom. The van der Waals surface area contributed by atoms with Crippen LogP contribution in [0.2, 0.25) is 10.0 Å². The third kappa shape index (κ3) is 5.85. The maximum absolute atomic E-state index is 14.9. The zero-order valence-electron chi connectivity index (χ0n) is 21.5. The highest BCUT2D eigenvalue weighted by atomic mass is 35.5. The number of halogens is 3. The van der Waals surface area contributed by atoms with Gasteiger partial charge in [0.25, 0.3) is 5.91 Å². The van der Waals surface area contributed by atoms with E-state index in [0.717, 1.165) is 16.7 Å². The number of carbonyl (C=O) groups excluding carboxylic acids is 1. The molecule has 4 aromatic carbocycles. The molecule has 198 valence electrons. The molecule has 1 heterocycles. The first-order valence-corrected chi connectivity index (χ1v) is 13.4. The summed E-state index contributed by atoms with van der Waals surface area (Å²) in [5, 5.41) is 4.32. The molecule has 4 nitrogen and oxygen atoms in total. The topological polar surface area (TPSA) is 50.7 Å². The number of amides is 1. The molecule has 0 spiro atoms. The van der Waals surface area contributed by atoms with Crippen molar-refractivity contribution in [1.82, 2.24) is 5.32 Å². The number of hydrogen-bond acceptors (Lipinski definition) is 3. The van der Waals surface area contributed by atoms with E-state index in [2.05, 4.69) is 5.32 Å². The second-order valence-electron chi connectivity index (χ2n) is 9.93. The van der Waals surface area contributed by atoms with Crippen LogP contribution in [0.3, 0.4) is 0 Å². The number of aliphatic imine (C=N–C) groups is 1. The largest absolute Gasteiger partial charge is 0.488 e. The summed E-state index contributed by atoms with van der Waals surface area (Å²) in [5.74, 6) is -0.185. The van der Waals surface area contributed by atoms with Crippen LogP contribution in [0, 0.1) is 5.82 Å². The van der Waals surface area contributed by atoms with Crippen molar-refractivity contribution >= 4 is 40.6 Å². The van der Waals surface area contributed by atoms with Gasteiger partial charge in [0, 0.05) is 21.7 Å². The molecular formula is C32H27Cl2FN2O2. The Labute approximate surface area is 237 Å². The minimum absolute atomic E-state index is 0.153. The smallest absolute Gasteiger partial charge is 0.256 e. The first-order chi connectivity index (χ1) is 18.7. The van der Waals surface area contributed by atoms with Crippen LogP contribution >= 0.6 is 23.2 Å². The minimum atomic E-state index is -0.782. The fourth-order valence-corrected chi connectivity index (χ4v) is 5.27. The van der Waals surface area contributed by atoms with Crippen molar-refractivity contribution in [1.29, 1.82) is 0 Å². The van der Waals surface area contributed by atoms with Crippen LogP contribution in [0.1, 0.15) is 40.9 Å². The van der Waals surface area contributed by atoms with Gasteiger partial charge < -0.3 is 10.1 Å². The van der Waals surface area contributed by atoms with Gasteiger partial charge in [0.05, 0.1) is 17.2 Å². The molecule has 5 rings (SSSR count). The number of carbonyl (C=O) groups is 1. The molecule has 0 aromatic heterocycles. The predicted molar refractivity (Wildman–Crippen MR) is 155 cm³/mol. The van der Waals surface area contributed by atoms with E-state index in [0.29, 0.717) is 40.0 Å². The number of nitrogens with zero attached hydrogens (tertiary/aromatic N) is 1. The van der Waals surface area contributed by atoms with Crippen LogP contribution in [0.15, 0.2) is 96.0 Å². The van der Waals surface area contributed by atoms with Crippen molar-refractivity contribution in [2.45, 2.75) is 38.2 Å². The van der Waals surface area contributed by atoms with Crippen molar-refractivity contribution in [3.05, 3.63) is 129 Å². The van der Waals surface area contributed by atoms with Crippen molar-refractivity contribution in [3.8, 4) is 5.75 Å². The number of nitrogens with one attached hydrogen (secondary N) is 1. The lowest BCUT2D eigenvalue weighted by Gasteiger charge is -2.40. The van der Waals surface area contributed by atoms with Gasteiger partial charge in [-0.15, -0.1) is 0 Å². The number of fused-ring (bicyclic) bond motifs is 1. The first kappa shape index (κ1) is 26.9. The van der Waals surface area contributed by atoms with Crippen LogP contribution in [-0.2, 0) is 18.3 Å². The summed E-state index contributed by atoms with van der Waals surface area (Å²) in [7, 11) is 0. The second-order valence-corrected chi connectivity index (χ2v) is 10.8. The fraction of sp³-hybridized carbons (Fsp3) is 0.188. The Morgan fingerprint density at radius 2 is 1.46 bits per heavy atom. The Morgan fingerprint density at radius 3 is 2.03 bits per heavy atom. The molecule has 4 aromatic rings.